The number of anilines is 1. The number of esters is 1. The first-order chi connectivity index (χ1) is 10.7. The number of carbonyl (C=O) groups excluding carboxylic acids is 1. The Morgan fingerprint density at radius 1 is 1.32 bits per heavy atom. The van der Waals surface area contributed by atoms with E-state index in [9.17, 15) is 4.79 Å². The van der Waals surface area contributed by atoms with E-state index in [1.54, 1.807) is 12.3 Å². The highest BCUT2D eigenvalue weighted by molar-refractivity contribution is 5.89. The molecule has 0 unspecified atom stereocenters. The summed E-state index contributed by atoms with van der Waals surface area (Å²) >= 11 is 0. The van der Waals surface area contributed by atoms with E-state index in [1.807, 2.05) is 6.07 Å². The van der Waals surface area contributed by atoms with Gasteiger partial charge >= 0.3 is 5.97 Å². The van der Waals surface area contributed by atoms with Gasteiger partial charge in [0.25, 0.3) is 0 Å². The maximum atomic E-state index is 11.4. The van der Waals surface area contributed by atoms with Gasteiger partial charge in [0.15, 0.2) is 0 Å². The molecule has 0 spiro atoms. The Morgan fingerprint density at radius 2 is 2.14 bits per heavy atom. The lowest BCUT2D eigenvalue weighted by Crippen LogP contribution is -2.04. The normalized spacial score (nSPS) is 13.7. The van der Waals surface area contributed by atoms with Crippen LogP contribution in [0, 0.1) is 12.8 Å². The van der Waals surface area contributed by atoms with E-state index < -0.39 is 0 Å². The van der Waals surface area contributed by atoms with Crippen LogP contribution >= 0.6 is 0 Å². The molecule has 1 N–H and O–H groups in total. The molecule has 1 aromatic carbocycles. The molecule has 1 aliphatic carbocycles. The van der Waals surface area contributed by atoms with Gasteiger partial charge < -0.3 is 10.1 Å². The maximum Gasteiger partial charge on any atom is 0.339 e. The van der Waals surface area contributed by atoms with E-state index in [4.69, 9.17) is 0 Å². The third-order valence-corrected chi connectivity index (χ3v) is 3.98. The lowest BCUT2D eigenvalue weighted by atomic mass is 10.1. The Morgan fingerprint density at radius 3 is 2.73 bits per heavy atom. The molecule has 1 fully saturated rings. The standard InChI is InChI=1S/C18H20N2O2/c1-12-9-14(5-7-16(12)19-10-13-3-4-13)17-8-6-15(11-20-17)18(21)22-2/h5-9,11,13,19H,3-4,10H2,1-2H3. The van der Waals surface area contributed by atoms with Crippen LogP contribution in [0.4, 0.5) is 5.69 Å². The van der Waals surface area contributed by atoms with Crippen molar-refractivity contribution in [3.05, 3.63) is 47.7 Å². The minimum atomic E-state index is -0.366. The summed E-state index contributed by atoms with van der Waals surface area (Å²) in [6, 6.07) is 9.86. The largest absolute Gasteiger partial charge is 0.465 e. The second kappa shape index (κ2) is 6.18. The molecule has 0 amide bonds. The second-order valence-corrected chi connectivity index (χ2v) is 5.78. The van der Waals surface area contributed by atoms with Gasteiger partial charge in [-0.2, -0.15) is 0 Å². The van der Waals surface area contributed by atoms with Gasteiger partial charge in [0, 0.05) is 24.0 Å². The number of hydrogen-bond acceptors (Lipinski definition) is 4. The minimum absolute atomic E-state index is 0.366. The van der Waals surface area contributed by atoms with Crippen LogP contribution in [0.2, 0.25) is 0 Å². The zero-order chi connectivity index (χ0) is 15.5. The summed E-state index contributed by atoms with van der Waals surface area (Å²) in [5.41, 5.74) is 4.75. The molecular formula is C18H20N2O2. The number of rotatable bonds is 5. The van der Waals surface area contributed by atoms with Crippen LogP contribution < -0.4 is 5.32 Å². The summed E-state index contributed by atoms with van der Waals surface area (Å²) in [5.74, 6) is 0.487. The van der Waals surface area contributed by atoms with Crippen LogP contribution in [0.15, 0.2) is 36.5 Å². The molecule has 3 rings (SSSR count). The molecule has 0 aliphatic heterocycles. The molecule has 0 bridgehead atoms. The highest BCUT2D eigenvalue weighted by atomic mass is 16.5. The summed E-state index contributed by atoms with van der Waals surface area (Å²) in [6.45, 7) is 3.16. The number of nitrogens with one attached hydrogen (secondary N) is 1. The summed E-state index contributed by atoms with van der Waals surface area (Å²) in [4.78, 5) is 15.8. The van der Waals surface area contributed by atoms with Crippen molar-refractivity contribution >= 4 is 11.7 Å². The molecule has 0 radical (unpaired) electrons. The van der Waals surface area contributed by atoms with Crippen molar-refractivity contribution in [1.82, 2.24) is 4.98 Å². The highest BCUT2D eigenvalue weighted by Crippen LogP contribution is 2.30. The van der Waals surface area contributed by atoms with E-state index in [1.165, 1.54) is 31.2 Å². The molecule has 1 aliphatic rings. The number of carbonyl (C=O) groups is 1. The molecule has 22 heavy (non-hydrogen) atoms. The van der Waals surface area contributed by atoms with Crippen LogP contribution in [0.25, 0.3) is 11.3 Å². The van der Waals surface area contributed by atoms with Crippen molar-refractivity contribution in [1.29, 1.82) is 0 Å². The number of hydrogen-bond donors (Lipinski definition) is 1. The van der Waals surface area contributed by atoms with Crippen molar-refractivity contribution in [3.8, 4) is 11.3 Å². The first-order valence-corrected chi connectivity index (χ1v) is 7.56. The molecule has 2 aromatic rings. The summed E-state index contributed by atoms with van der Waals surface area (Å²) in [7, 11) is 1.37. The van der Waals surface area contributed by atoms with Crippen molar-refractivity contribution in [2.24, 2.45) is 5.92 Å². The van der Waals surface area contributed by atoms with E-state index in [-0.39, 0.29) is 5.97 Å². The van der Waals surface area contributed by atoms with E-state index in [0.29, 0.717) is 5.56 Å². The van der Waals surface area contributed by atoms with E-state index in [2.05, 4.69) is 40.2 Å². The summed E-state index contributed by atoms with van der Waals surface area (Å²) in [5, 5.41) is 3.50. The number of pyridine rings is 1. The number of ether oxygens (including phenoxy) is 1. The second-order valence-electron chi connectivity index (χ2n) is 5.78. The minimum Gasteiger partial charge on any atom is -0.465 e. The smallest absolute Gasteiger partial charge is 0.339 e. The maximum absolute atomic E-state index is 11.4. The Labute approximate surface area is 130 Å². The summed E-state index contributed by atoms with van der Waals surface area (Å²) in [6.07, 6.45) is 4.25. The Kier molecular flexibility index (Phi) is 4.09. The molecular weight excluding hydrogens is 276 g/mol. The fraction of sp³-hybridized carbons (Fsp3) is 0.333. The Hall–Kier alpha value is -2.36. The highest BCUT2D eigenvalue weighted by Gasteiger charge is 2.20. The predicted octanol–water partition coefficient (Wildman–Crippen LogP) is 3.67. The molecule has 0 atom stereocenters. The Balaban J connectivity index is 1.76. The Bertz CT molecular complexity index is 676. The van der Waals surface area contributed by atoms with Crippen molar-refractivity contribution in [3.63, 3.8) is 0 Å². The molecule has 1 aromatic heterocycles. The van der Waals surface area contributed by atoms with Crippen molar-refractivity contribution < 1.29 is 9.53 Å². The number of benzene rings is 1. The van der Waals surface area contributed by atoms with Gasteiger partial charge in [-0.3, -0.25) is 4.98 Å². The first-order valence-electron chi connectivity index (χ1n) is 7.56. The average molecular weight is 296 g/mol. The van der Waals surface area contributed by atoms with Gasteiger partial charge in [0.05, 0.1) is 18.4 Å². The topological polar surface area (TPSA) is 51.2 Å². The number of aromatic nitrogens is 1. The lowest BCUT2D eigenvalue weighted by molar-refractivity contribution is 0.0600. The zero-order valence-corrected chi connectivity index (χ0v) is 12.9. The molecule has 0 saturated heterocycles. The molecule has 1 heterocycles. The molecule has 4 heteroatoms. The third-order valence-electron chi connectivity index (χ3n) is 3.98. The fourth-order valence-electron chi connectivity index (χ4n) is 2.40. The van der Waals surface area contributed by atoms with Gasteiger partial charge in [0.1, 0.15) is 0 Å². The first kappa shape index (κ1) is 14.6. The number of methoxy groups -OCH3 is 1. The molecule has 4 nitrogen and oxygen atoms in total. The van der Waals surface area contributed by atoms with Crippen molar-refractivity contribution in [2.75, 3.05) is 19.0 Å². The number of nitrogens with zero attached hydrogens (tertiary/aromatic N) is 1. The quantitative estimate of drug-likeness (QED) is 0.855. The summed E-state index contributed by atoms with van der Waals surface area (Å²) < 4.78 is 4.68. The lowest BCUT2D eigenvalue weighted by Gasteiger charge is -2.11. The van der Waals surface area contributed by atoms with Crippen LogP contribution in [0.1, 0.15) is 28.8 Å². The van der Waals surface area contributed by atoms with Gasteiger partial charge in [-0.15, -0.1) is 0 Å². The van der Waals surface area contributed by atoms with Crippen LogP contribution in [0.5, 0.6) is 0 Å². The monoisotopic (exact) mass is 296 g/mol. The van der Waals surface area contributed by atoms with Gasteiger partial charge in [-0.25, -0.2) is 4.79 Å². The third kappa shape index (κ3) is 3.27. The van der Waals surface area contributed by atoms with Gasteiger partial charge in [-0.1, -0.05) is 6.07 Å². The predicted molar refractivity (Wildman–Crippen MR) is 87.0 cm³/mol. The van der Waals surface area contributed by atoms with Crippen LogP contribution in [0.3, 0.4) is 0 Å². The van der Waals surface area contributed by atoms with Crippen molar-refractivity contribution in [2.45, 2.75) is 19.8 Å². The average Bonchev–Trinajstić information content (AvgIpc) is 3.37. The molecule has 1 saturated carbocycles. The molecule has 114 valence electrons. The zero-order valence-electron chi connectivity index (χ0n) is 12.9. The SMILES string of the molecule is COC(=O)c1ccc(-c2ccc(NCC3CC3)c(C)c2)nc1. The van der Waals surface area contributed by atoms with Gasteiger partial charge in [0.2, 0.25) is 0 Å². The van der Waals surface area contributed by atoms with E-state index >= 15 is 0 Å². The number of aryl methyl sites for hydroxylation is 1. The van der Waals surface area contributed by atoms with Crippen LogP contribution in [-0.2, 0) is 4.74 Å². The van der Waals surface area contributed by atoms with E-state index in [0.717, 1.165) is 23.7 Å². The fourth-order valence-corrected chi connectivity index (χ4v) is 2.40. The van der Waals surface area contributed by atoms with Crippen LogP contribution in [-0.4, -0.2) is 24.6 Å². The van der Waals surface area contributed by atoms with Gasteiger partial charge in [-0.05, 0) is 55.5 Å².